The van der Waals surface area contributed by atoms with Crippen LogP contribution in [0, 0.1) is 5.41 Å². The zero-order chi connectivity index (χ0) is 10.1. The van der Waals surface area contributed by atoms with E-state index in [1.807, 2.05) is 0 Å². The molecule has 1 heterocycles. The van der Waals surface area contributed by atoms with E-state index in [4.69, 9.17) is 0 Å². The van der Waals surface area contributed by atoms with E-state index in [0.29, 0.717) is 11.5 Å². The van der Waals surface area contributed by atoms with Crippen LogP contribution in [0.3, 0.4) is 0 Å². The van der Waals surface area contributed by atoms with E-state index < -0.39 is 6.17 Å². The van der Waals surface area contributed by atoms with Crippen LogP contribution in [0.1, 0.15) is 40.0 Å². The Bertz CT molecular complexity index is 162. The highest BCUT2D eigenvalue weighted by atomic mass is 19.1. The van der Waals surface area contributed by atoms with Gasteiger partial charge in [0.15, 0.2) is 0 Å². The lowest BCUT2D eigenvalue weighted by molar-refractivity contribution is 0.0855. The third-order valence-corrected chi connectivity index (χ3v) is 2.79. The number of hydrogen-bond donors (Lipinski definition) is 0. The Kier molecular flexibility index (Phi) is 3.33. The third-order valence-electron chi connectivity index (χ3n) is 2.79. The molecular weight excluding hydrogens is 165 g/mol. The van der Waals surface area contributed by atoms with Gasteiger partial charge in [0.2, 0.25) is 0 Å². The Balaban J connectivity index is 2.47. The summed E-state index contributed by atoms with van der Waals surface area (Å²) in [4.78, 5) is 2.31. The van der Waals surface area contributed by atoms with Crippen LogP contribution in [0.5, 0.6) is 0 Å². The molecule has 0 aliphatic carbocycles. The first-order chi connectivity index (χ1) is 5.88. The standard InChI is InChI=1S/C11H22FN/c1-11(2,3)8-10-7-9(12)5-6-13(10)4/h9-10H,5-8H2,1-4H3. The van der Waals surface area contributed by atoms with Crippen molar-refractivity contribution < 1.29 is 4.39 Å². The van der Waals surface area contributed by atoms with Crippen molar-refractivity contribution in [1.82, 2.24) is 4.90 Å². The van der Waals surface area contributed by atoms with Crippen LogP contribution in [0.15, 0.2) is 0 Å². The van der Waals surface area contributed by atoms with Crippen molar-refractivity contribution in [3.63, 3.8) is 0 Å². The summed E-state index contributed by atoms with van der Waals surface area (Å²) >= 11 is 0. The van der Waals surface area contributed by atoms with Crippen molar-refractivity contribution in [3.8, 4) is 0 Å². The summed E-state index contributed by atoms with van der Waals surface area (Å²) in [7, 11) is 2.11. The first-order valence-electron chi connectivity index (χ1n) is 5.23. The van der Waals surface area contributed by atoms with Gasteiger partial charge in [-0.15, -0.1) is 0 Å². The maximum absolute atomic E-state index is 13.2. The van der Waals surface area contributed by atoms with Gasteiger partial charge in [0, 0.05) is 12.6 Å². The highest BCUT2D eigenvalue weighted by molar-refractivity contribution is 4.83. The van der Waals surface area contributed by atoms with Crippen molar-refractivity contribution in [3.05, 3.63) is 0 Å². The molecule has 1 saturated heterocycles. The molecule has 0 N–H and O–H groups in total. The molecule has 1 fully saturated rings. The van der Waals surface area contributed by atoms with E-state index in [2.05, 4.69) is 32.7 Å². The summed E-state index contributed by atoms with van der Waals surface area (Å²) in [5.74, 6) is 0. The molecule has 0 amide bonds. The fourth-order valence-corrected chi connectivity index (χ4v) is 2.07. The van der Waals surface area contributed by atoms with Gasteiger partial charge in [-0.3, -0.25) is 0 Å². The molecule has 0 bridgehead atoms. The second-order valence-corrected chi connectivity index (χ2v) is 5.52. The number of likely N-dealkylation sites (tertiary alicyclic amines) is 1. The molecule has 2 heteroatoms. The van der Waals surface area contributed by atoms with Crippen LogP contribution in [-0.2, 0) is 0 Å². The molecule has 0 radical (unpaired) electrons. The molecule has 13 heavy (non-hydrogen) atoms. The summed E-state index contributed by atoms with van der Waals surface area (Å²) in [5.41, 5.74) is 0.315. The zero-order valence-corrected chi connectivity index (χ0v) is 9.31. The summed E-state index contributed by atoms with van der Waals surface area (Å²) < 4.78 is 13.2. The van der Waals surface area contributed by atoms with Crippen LogP contribution < -0.4 is 0 Å². The van der Waals surface area contributed by atoms with Crippen molar-refractivity contribution >= 4 is 0 Å². The molecule has 0 aromatic carbocycles. The Labute approximate surface area is 81.3 Å². The maximum atomic E-state index is 13.2. The van der Waals surface area contributed by atoms with Gasteiger partial charge in [-0.2, -0.15) is 0 Å². The Hall–Kier alpha value is -0.110. The van der Waals surface area contributed by atoms with Gasteiger partial charge in [-0.1, -0.05) is 20.8 Å². The van der Waals surface area contributed by atoms with E-state index in [1.54, 1.807) is 0 Å². The largest absolute Gasteiger partial charge is 0.303 e. The summed E-state index contributed by atoms with van der Waals surface area (Å²) in [6.07, 6.45) is 1.98. The SMILES string of the molecule is CN1CCC(F)CC1CC(C)(C)C. The van der Waals surface area contributed by atoms with Crippen LogP contribution in [0.25, 0.3) is 0 Å². The van der Waals surface area contributed by atoms with Crippen LogP contribution >= 0.6 is 0 Å². The Morgan fingerprint density at radius 3 is 2.54 bits per heavy atom. The number of hydrogen-bond acceptors (Lipinski definition) is 1. The van der Waals surface area contributed by atoms with E-state index >= 15 is 0 Å². The molecule has 1 nitrogen and oxygen atoms in total. The van der Waals surface area contributed by atoms with Gasteiger partial charge in [-0.05, 0) is 31.7 Å². The lowest BCUT2D eigenvalue weighted by Crippen LogP contribution is -2.42. The Morgan fingerprint density at radius 2 is 2.00 bits per heavy atom. The maximum Gasteiger partial charge on any atom is 0.103 e. The van der Waals surface area contributed by atoms with E-state index in [9.17, 15) is 4.39 Å². The molecule has 0 aromatic rings. The van der Waals surface area contributed by atoms with Gasteiger partial charge >= 0.3 is 0 Å². The molecule has 0 saturated carbocycles. The fourth-order valence-electron chi connectivity index (χ4n) is 2.07. The molecule has 2 unspecified atom stereocenters. The van der Waals surface area contributed by atoms with Gasteiger partial charge in [0.25, 0.3) is 0 Å². The predicted molar refractivity (Wildman–Crippen MR) is 54.6 cm³/mol. The van der Waals surface area contributed by atoms with Crippen molar-refractivity contribution in [2.45, 2.75) is 52.2 Å². The normalized spacial score (nSPS) is 32.1. The number of nitrogens with zero attached hydrogens (tertiary/aromatic N) is 1. The number of alkyl halides is 1. The van der Waals surface area contributed by atoms with Crippen LogP contribution in [0.4, 0.5) is 4.39 Å². The fraction of sp³-hybridized carbons (Fsp3) is 1.00. The lowest BCUT2D eigenvalue weighted by atomic mass is 9.84. The number of rotatable bonds is 1. The van der Waals surface area contributed by atoms with Crippen LogP contribution in [0.2, 0.25) is 0 Å². The van der Waals surface area contributed by atoms with E-state index in [1.165, 1.54) is 0 Å². The van der Waals surface area contributed by atoms with Crippen molar-refractivity contribution in [2.24, 2.45) is 5.41 Å². The molecule has 2 atom stereocenters. The quantitative estimate of drug-likeness (QED) is 0.610. The van der Waals surface area contributed by atoms with Crippen molar-refractivity contribution in [2.75, 3.05) is 13.6 Å². The highest BCUT2D eigenvalue weighted by Gasteiger charge is 2.28. The number of piperidine rings is 1. The second-order valence-electron chi connectivity index (χ2n) is 5.52. The summed E-state index contributed by atoms with van der Waals surface area (Å²) in [5, 5.41) is 0. The molecule has 1 aliphatic heterocycles. The highest BCUT2D eigenvalue weighted by Crippen LogP contribution is 2.29. The van der Waals surface area contributed by atoms with E-state index in [0.717, 1.165) is 25.8 Å². The van der Waals surface area contributed by atoms with Gasteiger partial charge in [0.05, 0.1) is 0 Å². The summed E-state index contributed by atoms with van der Waals surface area (Å²) in [6.45, 7) is 7.59. The average Bonchev–Trinajstić information content (AvgIpc) is 1.94. The lowest BCUT2D eigenvalue weighted by Gasteiger charge is -2.37. The second kappa shape index (κ2) is 3.95. The molecule has 0 aromatic heterocycles. The first-order valence-corrected chi connectivity index (χ1v) is 5.23. The Morgan fingerprint density at radius 1 is 1.38 bits per heavy atom. The minimum atomic E-state index is -0.566. The summed E-state index contributed by atoms with van der Waals surface area (Å²) in [6, 6.07) is 0.448. The zero-order valence-electron chi connectivity index (χ0n) is 9.31. The van der Waals surface area contributed by atoms with E-state index in [-0.39, 0.29) is 0 Å². The molecule has 78 valence electrons. The van der Waals surface area contributed by atoms with Crippen molar-refractivity contribution in [1.29, 1.82) is 0 Å². The molecule has 0 spiro atoms. The monoisotopic (exact) mass is 187 g/mol. The molecular formula is C11H22FN. The van der Waals surface area contributed by atoms with Gasteiger partial charge in [0.1, 0.15) is 6.17 Å². The predicted octanol–water partition coefficient (Wildman–Crippen LogP) is 2.85. The van der Waals surface area contributed by atoms with Gasteiger partial charge in [-0.25, -0.2) is 4.39 Å². The molecule has 1 aliphatic rings. The number of halogens is 1. The topological polar surface area (TPSA) is 3.24 Å². The van der Waals surface area contributed by atoms with Gasteiger partial charge < -0.3 is 4.90 Å². The minimum Gasteiger partial charge on any atom is -0.303 e. The first kappa shape index (κ1) is 11.0. The smallest absolute Gasteiger partial charge is 0.103 e. The van der Waals surface area contributed by atoms with Crippen LogP contribution in [-0.4, -0.2) is 30.7 Å². The minimum absolute atomic E-state index is 0.315. The molecule has 1 rings (SSSR count). The third kappa shape index (κ3) is 3.63. The average molecular weight is 187 g/mol.